The van der Waals surface area contributed by atoms with Crippen LogP contribution in [0.15, 0.2) is 76.4 Å². The second-order valence-corrected chi connectivity index (χ2v) is 7.80. The van der Waals surface area contributed by atoms with Crippen molar-refractivity contribution >= 4 is 23.4 Å². The van der Waals surface area contributed by atoms with Crippen molar-refractivity contribution < 1.29 is 9.53 Å². The van der Waals surface area contributed by atoms with Crippen molar-refractivity contribution in [3.05, 3.63) is 82.5 Å². The summed E-state index contributed by atoms with van der Waals surface area (Å²) in [4.78, 5) is 17.3. The molecule has 1 aliphatic rings. The van der Waals surface area contributed by atoms with Gasteiger partial charge in [-0.3, -0.25) is 0 Å². The summed E-state index contributed by atoms with van der Waals surface area (Å²) in [6, 6.07) is 20.0. The maximum absolute atomic E-state index is 12.5. The SMILES string of the molecule is CC(C)(C)OC(=O)C1=C(N=C(c2ccccc2)c2ccccc2)SCN1. The highest BCUT2D eigenvalue weighted by Gasteiger charge is 2.27. The fraction of sp³-hybridized carbons (Fsp3) is 0.238. The van der Waals surface area contributed by atoms with Crippen molar-refractivity contribution in [3.8, 4) is 0 Å². The Labute approximate surface area is 158 Å². The summed E-state index contributed by atoms with van der Waals surface area (Å²) < 4.78 is 5.50. The highest BCUT2D eigenvalue weighted by atomic mass is 32.2. The molecule has 0 aromatic heterocycles. The van der Waals surface area contributed by atoms with Crippen LogP contribution in [0.1, 0.15) is 31.9 Å². The summed E-state index contributed by atoms with van der Waals surface area (Å²) in [5, 5.41) is 3.75. The van der Waals surface area contributed by atoms with E-state index < -0.39 is 5.60 Å². The van der Waals surface area contributed by atoms with Crippen LogP contribution in [0.2, 0.25) is 0 Å². The number of nitrogens with zero attached hydrogens (tertiary/aromatic N) is 1. The third-order valence-electron chi connectivity index (χ3n) is 3.58. The third-order valence-corrected chi connectivity index (χ3v) is 4.44. The molecule has 1 heterocycles. The van der Waals surface area contributed by atoms with E-state index in [1.807, 2.05) is 81.4 Å². The topological polar surface area (TPSA) is 50.7 Å². The Balaban J connectivity index is 2.04. The lowest BCUT2D eigenvalue weighted by molar-refractivity contribution is -0.150. The lowest BCUT2D eigenvalue weighted by atomic mass is 10.0. The quantitative estimate of drug-likeness (QED) is 0.646. The van der Waals surface area contributed by atoms with E-state index in [1.165, 1.54) is 11.8 Å². The fourth-order valence-electron chi connectivity index (χ4n) is 2.49. The number of ether oxygens (including phenoxy) is 1. The van der Waals surface area contributed by atoms with Crippen LogP contribution in [0.25, 0.3) is 0 Å². The molecule has 1 N–H and O–H groups in total. The molecule has 0 bridgehead atoms. The third kappa shape index (κ3) is 4.55. The minimum atomic E-state index is -0.546. The molecule has 0 unspecified atom stereocenters. The molecule has 2 aromatic carbocycles. The van der Waals surface area contributed by atoms with Crippen LogP contribution >= 0.6 is 11.8 Å². The second-order valence-electron chi connectivity index (χ2n) is 6.84. The molecule has 0 aliphatic carbocycles. The van der Waals surface area contributed by atoms with Crippen LogP contribution < -0.4 is 5.32 Å². The lowest BCUT2D eigenvalue weighted by Crippen LogP contribution is -2.28. The molecule has 2 aromatic rings. The van der Waals surface area contributed by atoms with Crippen LogP contribution in [0.4, 0.5) is 0 Å². The van der Waals surface area contributed by atoms with Gasteiger partial charge in [-0.1, -0.05) is 72.4 Å². The molecular formula is C21H22N2O2S. The van der Waals surface area contributed by atoms with Gasteiger partial charge in [0.25, 0.3) is 0 Å². The normalized spacial score (nSPS) is 14.0. The van der Waals surface area contributed by atoms with Gasteiger partial charge in [0, 0.05) is 11.1 Å². The molecular weight excluding hydrogens is 344 g/mol. The first-order valence-electron chi connectivity index (χ1n) is 8.48. The number of hydrogen-bond acceptors (Lipinski definition) is 5. The largest absolute Gasteiger partial charge is 0.455 e. The van der Waals surface area contributed by atoms with E-state index >= 15 is 0 Å². The molecule has 134 valence electrons. The van der Waals surface area contributed by atoms with Crippen molar-refractivity contribution in [1.82, 2.24) is 5.32 Å². The van der Waals surface area contributed by atoms with E-state index in [4.69, 9.17) is 9.73 Å². The average Bonchev–Trinajstić information content (AvgIpc) is 3.08. The highest BCUT2D eigenvalue weighted by molar-refractivity contribution is 8.03. The van der Waals surface area contributed by atoms with Gasteiger partial charge >= 0.3 is 5.97 Å². The standard InChI is InChI=1S/C21H22N2O2S/c1-21(2,3)25-20(24)18-19(26-14-22-18)23-17(15-10-6-4-7-11-15)16-12-8-5-9-13-16/h4-13,22H,14H2,1-3H3. The smallest absolute Gasteiger partial charge is 0.357 e. The molecule has 1 aliphatic heterocycles. The van der Waals surface area contributed by atoms with Gasteiger partial charge in [0.1, 0.15) is 10.6 Å². The van der Waals surface area contributed by atoms with Crippen molar-refractivity contribution in [2.24, 2.45) is 4.99 Å². The molecule has 0 radical (unpaired) electrons. The predicted molar refractivity (Wildman–Crippen MR) is 107 cm³/mol. The molecule has 0 saturated carbocycles. The summed E-state index contributed by atoms with van der Waals surface area (Å²) >= 11 is 1.50. The summed E-state index contributed by atoms with van der Waals surface area (Å²) in [5.41, 5.74) is 2.72. The number of aliphatic imine (C=N–C) groups is 1. The van der Waals surface area contributed by atoms with Gasteiger partial charge in [-0.2, -0.15) is 0 Å². The van der Waals surface area contributed by atoms with Crippen molar-refractivity contribution in [2.75, 3.05) is 5.88 Å². The van der Waals surface area contributed by atoms with Gasteiger partial charge < -0.3 is 10.1 Å². The van der Waals surface area contributed by atoms with Crippen LogP contribution in [0.5, 0.6) is 0 Å². The number of thioether (sulfide) groups is 1. The van der Waals surface area contributed by atoms with Crippen molar-refractivity contribution in [2.45, 2.75) is 26.4 Å². The minimum absolute atomic E-state index is 0.373. The van der Waals surface area contributed by atoms with Crippen molar-refractivity contribution in [1.29, 1.82) is 0 Å². The molecule has 4 nitrogen and oxygen atoms in total. The number of hydrogen-bond donors (Lipinski definition) is 1. The molecule has 0 saturated heterocycles. The van der Waals surface area contributed by atoms with E-state index in [9.17, 15) is 4.79 Å². The minimum Gasteiger partial charge on any atom is -0.455 e. The zero-order valence-corrected chi connectivity index (χ0v) is 16.0. The van der Waals surface area contributed by atoms with E-state index in [-0.39, 0.29) is 5.97 Å². The number of benzene rings is 2. The zero-order valence-electron chi connectivity index (χ0n) is 15.2. The van der Waals surface area contributed by atoms with Crippen LogP contribution in [-0.2, 0) is 9.53 Å². The maximum Gasteiger partial charge on any atom is 0.357 e. The number of carbonyl (C=O) groups is 1. The molecule has 0 spiro atoms. The molecule has 0 fully saturated rings. The first-order valence-corrected chi connectivity index (χ1v) is 9.46. The zero-order chi connectivity index (χ0) is 18.6. The Morgan fingerprint density at radius 2 is 1.54 bits per heavy atom. The molecule has 26 heavy (non-hydrogen) atoms. The summed E-state index contributed by atoms with van der Waals surface area (Å²) in [5.74, 6) is 0.228. The number of carbonyl (C=O) groups excluding carboxylic acids is 1. The first-order chi connectivity index (χ1) is 12.4. The van der Waals surface area contributed by atoms with Crippen LogP contribution in [-0.4, -0.2) is 23.2 Å². The Morgan fingerprint density at radius 3 is 2.04 bits per heavy atom. The summed E-state index contributed by atoms with van der Waals surface area (Å²) in [6.45, 7) is 5.57. The monoisotopic (exact) mass is 366 g/mol. The Bertz CT molecular complexity index is 796. The lowest BCUT2D eigenvalue weighted by Gasteiger charge is -2.20. The van der Waals surface area contributed by atoms with E-state index in [2.05, 4.69) is 5.32 Å². The summed E-state index contributed by atoms with van der Waals surface area (Å²) in [6.07, 6.45) is 0. The molecule has 0 atom stereocenters. The highest BCUT2D eigenvalue weighted by Crippen LogP contribution is 2.29. The fourth-order valence-corrected chi connectivity index (χ4v) is 3.30. The Kier molecular flexibility index (Phi) is 5.47. The van der Waals surface area contributed by atoms with Gasteiger partial charge in [0.2, 0.25) is 0 Å². The second kappa shape index (κ2) is 7.79. The predicted octanol–water partition coefficient (Wildman–Crippen LogP) is 4.33. The van der Waals surface area contributed by atoms with Gasteiger partial charge in [-0.05, 0) is 20.8 Å². The van der Waals surface area contributed by atoms with Gasteiger partial charge in [0.15, 0.2) is 5.70 Å². The van der Waals surface area contributed by atoms with E-state index in [0.29, 0.717) is 16.6 Å². The number of nitrogens with one attached hydrogen (secondary N) is 1. The van der Waals surface area contributed by atoms with Gasteiger partial charge in [-0.25, -0.2) is 9.79 Å². The van der Waals surface area contributed by atoms with Crippen LogP contribution in [0.3, 0.4) is 0 Å². The Morgan fingerprint density at radius 1 is 1.00 bits per heavy atom. The number of esters is 1. The van der Waals surface area contributed by atoms with Crippen molar-refractivity contribution in [3.63, 3.8) is 0 Å². The maximum atomic E-state index is 12.5. The Hall–Kier alpha value is -2.53. The first kappa shape index (κ1) is 18.3. The van der Waals surface area contributed by atoms with Gasteiger partial charge in [-0.15, -0.1) is 0 Å². The molecule has 3 rings (SSSR count). The summed E-state index contributed by atoms with van der Waals surface area (Å²) in [7, 11) is 0. The van der Waals surface area contributed by atoms with E-state index in [1.54, 1.807) is 0 Å². The van der Waals surface area contributed by atoms with Gasteiger partial charge in [0.05, 0.1) is 11.6 Å². The molecule has 0 amide bonds. The van der Waals surface area contributed by atoms with E-state index in [0.717, 1.165) is 16.8 Å². The van der Waals surface area contributed by atoms with Crippen LogP contribution in [0, 0.1) is 0 Å². The number of rotatable bonds is 4. The molecule has 5 heteroatoms. The average molecular weight is 366 g/mol.